The number of likely N-dealkylation sites (tertiary alicyclic amines) is 1. The fourth-order valence-electron chi connectivity index (χ4n) is 3.09. The summed E-state index contributed by atoms with van der Waals surface area (Å²) in [5.41, 5.74) is 1.73. The maximum atomic E-state index is 12.5. The van der Waals surface area contributed by atoms with Crippen LogP contribution < -0.4 is 5.32 Å². The zero-order valence-corrected chi connectivity index (χ0v) is 14.7. The number of anilines is 1. The Labute approximate surface area is 147 Å². The monoisotopic (exact) mass is 340 g/mol. The van der Waals surface area contributed by atoms with Gasteiger partial charge in [0.25, 0.3) is 0 Å². The van der Waals surface area contributed by atoms with Crippen LogP contribution in [0.25, 0.3) is 5.69 Å². The zero-order valence-electron chi connectivity index (χ0n) is 14.7. The van der Waals surface area contributed by atoms with Crippen LogP contribution in [0, 0.1) is 11.8 Å². The summed E-state index contributed by atoms with van der Waals surface area (Å²) < 4.78 is 1.77. The van der Waals surface area contributed by atoms with E-state index >= 15 is 0 Å². The van der Waals surface area contributed by atoms with E-state index < -0.39 is 0 Å². The van der Waals surface area contributed by atoms with Crippen LogP contribution in [-0.2, 0) is 9.59 Å². The summed E-state index contributed by atoms with van der Waals surface area (Å²) >= 11 is 0. The van der Waals surface area contributed by atoms with Crippen LogP contribution >= 0.6 is 0 Å². The van der Waals surface area contributed by atoms with Crippen LogP contribution in [0.5, 0.6) is 0 Å². The number of aromatic nitrogens is 2. The third-order valence-electron chi connectivity index (χ3n) is 4.58. The van der Waals surface area contributed by atoms with Crippen LogP contribution in [0.2, 0.25) is 0 Å². The SMILES string of the molecule is CC(C)C(=O)N1CCC(C(=O)Nc2ccc(-n3cccn3)cc2)CC1. The van der Waals surface area contributed by atoms with Gasteiger partial charge >= 0.3 is 0 Å². The van der Waals surface area contributed by atoms with Crippen LogP contribution in [0.15, 0.2) is 42.7 Å². The van der Waals surface area contributed by atoms with Crippen molar-refractivity contribution in [3.05, 3.63) is 42.7 Å². The van der Waals surface area contributed by atoms with Gasteiger partial charge in [0.05, 0.1) is 5.69 Å². The maximum absolute atomic E-state index is 12.5. The minimum atomic E-state index is -0.0398. The summed E-state index contributed by atoms with van der Waals surface area (Å²) in [6.07, 6.45) is 5.04. The number of amides is 2. The average Bonchev–Trinajstić information content (AvgIpc) is 3.16. The Hall–Kier alpha value is -2.63. The smallest absolute Gasteiger partial charge is 0.227 e. The van der Waals surface area contributed by atoms with E-state index in [4.69, 9.17) is 0 Å². The number of hydrogen-bond donors (Lipinski definition) is 1. The van der Waals surface area contributed by atoms with Crippen molar-refractivity contribution in [1.29, 1.82) is 0 Å². The average molecular weight is 340 g/mol. The lowest BCUT2D eigenvalue weighted by atomic mass is 9.95. The lowest BCUT2D eigenvalue weighted by Crippen LogP contribution is -2.43. The highest BCUT2D eigenvalue weighted by Gasteiger charge is 2.28. The van der Waals surface area contributed by atoms with Crippen LogP contribution in [0.1, 0.15) is 26.7 Å². The largest absolute Gasteiger partial charge is 0.342 e. The predicted molar refractivity (Wildman–Crippen MR) is 96.3 cm³/mol. The van der Waals surface area contributed by atoms with E-state index in [0.717, 1.165) is 24.2 Å². The second kappa shape index (κ2) is 7.51. The molecule has 0 saturated carbocycles. The molecule has 1 aliphatic rings. The maximum Gasteiger partial charge on any atom is 0.227 e. The molecule has 6 heteroatoms. The molecule has 0 aliphatic carbocycles. The quantitative estimate of drug-likeness (QED) is 0.930. The van der Waals surface area contributed by atoms with Crippen molar-refractivity contribution in [2.75, 3.05) is 18.4 Å². The van der Waals surface area contributed by atoms with E-state index in [-0.39, 0.29) is 23.7 Å². The molecule has 2 aromatic rings. The molecule has 0 unspecified atom stereocenters. The van der Waals surface area contributed by atoms with Crippen molar-refractivity contribution >= 4 is 17.5 Å². The van der Waals surface area contributed by atoms with Crippen molar-refractivity contribution < 1.29 is 9.59 Å². The van der Waals surface area contributed by atoms with Gasteiger partial charge in [0.2, 0.25) is 11.8 Å². The second-order valence-corrected chi connectivity index (χ2v) is 6.74. The molecule has 2 amide bonds. The first-order chi connectivity index (χ1) is 12.0. The van der Waals surface area contributed by atoms with Gasteiger partial charge in [-0.3, -0.25) is 9.59 Å². The number of rotatable bonds is 4. The predicted octanol–water partition coefficient (Wildman–Crippen LogP) is 2.71. The summed E-state index contributed by atoms with van der Waals surface area (Å²) in [7, 11) is 0. The number of nitrogens with one attached hydrogen (secondary N) is 1. The standard InChI is InChI=1S/C19H24N4O2/c1-14(2)19(25)22-12-8-15(9-13-22)18(24)21-16-4-6-17(7-5-16)23-11-3-10-20-23/h3-7,10-11,14-15H,8-9,12-13H2,1-2H3,(H,21,24). The van der Waals surface area contributed by atoms with Crippen LogP contribution in [-0.4, -0.2) is 39.6 Å². The number of benzene rings is 1. The minimum absolute atomic E-state index is 0.0127. The van der Waals surface area contributed by atoms with Gasteiger partial charge in [-0.1, -0.05) is 13.8 Å². The zero-order chi connectivity index (χ0) is 17.8. The molecule has 1 N–H and O–H groups in total. The van der Waals surface area contributed by atoms with Gasteiger partial charge < -0.3 is 10.2 Å². The molecule has 2 heterocycles. The molecule has 1 aromatic carbocycles. The van der Waals surface area contributed by atoms with E-state index in [1.807, 2.05) is 55.3 Å². The topological polar surface area (TPSA) is 67.2 Å². The second-order valence-electron chi connectivity index (χ2n) is 6.74. The summed E-state index contributed by atoms with van der Waals surface area (Å²) in [6, 6.07) is 9.48. The molecule has 1 fully saturated rings. The number of carbonyl (C=O) groups excluding carboxylic acids is 2. The van der Waals surface area contributed by atoms with Crippen LogP contribution in [0.3, 0.4) is 0 Å². The first-order valence-corrected chi connectivity index (χ1v) is 8.74. The first kappa shape index (κ1) is 17.2. The molecular formula is C19H24N4O2. The lowest BCUT2D eigenvalue weighted by Gasteiger charge is -2.32. The van der Waals surface area contributed by atoms with Gasteiger partial charge in [0, 0.05) is 43.0 Å². The molecule has 1 saturated heterocycles. The molecule has 0 spiro atoms. The molecule has 1 aliphatic heterocycles. The Kier molecular flexibility index (Phi) is 5.16. The van der Waals surface area contributed by atoms with Crippen molar-refractivity contribution in [3.63, 3.8) is 0 Å². The summed E-state index contributed by atoms with van der Waals surface area (Å²) in [5.74, 6) is 0.178. The van der Waals surface area contributed by atoms with E-state index in [1.165, 1.54) is 0 Å². The lowest BCUT2D eigenvalue weighted by molar-refractivity contribution is -0.137. The third kappa shape index (κ3) is 4.07. The Balaban J connectivity index is 1.54. The Bertz CT molecular complexity index is 714. The highest BCUT2D eigenvalue weighted by molar-refractivity contribution is 5.92. The molecular weight excluding hydrogens is 316 g/mol. The Morgan fingerprint density at radius 3 is 2.40 bits per heavy atom. The minimum Gasteiger partial charge on any atom is -0.342 e. The summed E-state index contributed by atoms with van der Waals surface area (Å²) in [4.78, 5) is 26.3. The van der Waals surface area contributed by atoms with Crippen molar-refractivity contribution in [1.82, 2.24) is 14.7 Å². The number of piperidine rings is 1. The Morgan fingerprint density at radius 2 is 1.84 bits per heavy atom. The molecule has 0 radical (unpaired) electrons. The normalized spacial score (nSPS) is 15.4. The third-order valence-corrected chi connectivity index (χ3v) is 4.58. The highest BCUT2D eigenvalue weighted by atomic mass is 16.2. The van der Waals surface area contributed by atoms with Gasteiger partial charge in [-0.25, -0.2) is 4.68 Å². The van der Waals surface area contributed by atoms with E-state index in [0.29, 0.717) is 13.1 Å². The Morgan fingerprint density at radius 1 is 1.16 bits per heavy atom. The van der Waals surface area contributed by atoms with Crippen LogP contribution in [0.4, 0.5) is 5.69 Å². The first-order valence-electron chi connectivity index (χ1n) is 8.74. The van der Waals surface area contributed by atoms with E-state index in [2.05, 4.69) is 10.4 Å². The number of nitrogens with zero attached hydrogens (tertiary/aromatic N) is 3. The van der Waals surface area contributed by atoms with Gasteiger partial charge in [0.1, 0.15) is 0 Å². The van der Waals surface area contributed by atoms with Gasteiger partial charge in [0.15, 0.2) is 0 Å². The molecule has 1 aromatic heterocycles. The molecule has 0 bridgehead atoms. The fraction of sp³-hybridized carbons (Fsp3) is 0.421. The fourth-order valence-corrected chi connectivity index (χ4v) is 3.09. The van der Waals surface area contributed by atoms with E-state index in [9.17, 15) is 9.59 Å². The van der Waals surface area contributed by atoms with Gasteiger partial charge in [-0.15, -0.1) is 0 Å². The molecule has 3 rings (SSSR count). The molecule has 6 nitrogen and oxygen atoms in total. The highest BCUT2D eigenvalue weighted by Crippen LogP contribution is 2.21. The molecule has 0 atom stereocenters. The van der Waals surface area contributed by atoms with Crippen molar-refractivity contribution in [2.24, 2.45) is 11.8 Å². The van der Waals surface area contributed by atoms with Crippen molar-refractivity contribution in [3.8, 4) is 5.69 Å². The molecule has 132 valence electrons. The number of carbonyl (C=O) groups is 2. The number of hydrogen-bond acceptors (Lipinski definition) is 3. The summed E-state index contributed by atoms with van der Waals surface area (Å²) in [6.45, 7) is 5.14. The van der Waals surface area contributed by atoms with Gasteiger partial charge in [-0.05, 0) is 43.2 Å². The van der Waals surface area contributed by atoms with Gasteiger partial charge in [-0.2, -0.15) is 5.10 Å². The molecule has 25 heavy (non-hydrogen) atoms. The van der Waals surface area contributed by atoms with Crippen molar-refractivity contribution in [2.45, 2.75) is 26.7 Å². The van der Waals surface area contributed by atoms with E-state index in [1.54, 1.807) is 10.9 Å². The summed E-state index contributed by atoms with van der Waals surface area (Å²) in [5, 5.41) is 7.16.